The number of nitrogens with two attached hydrogens (primary N) is 1. The Balaban J connectivity index is 2.11. The fourth-order valence-electron chi connectivity index (χ4n) is 3.22. The second-order valence-electron chi connectivity index (χ2n) is 5.34. The first kappa shape index (κ1) is 13.4. The topological polar surface area (TPSA) is 55.1 Å². The molecule has 1 heterocycles. The van der Waals surface area contributed by atoms with Crippen molar-refractivity contribution in [1.82, 2.24) is 5.32 Å². The maximum absolute atomic E-state index is 11.4. The number of primary amides is 1. The van der Waals surface area contributed by atoms with Crippen LogP contribution < -0.4 is 11.1 Å². The van der Waals surface area contributed by atoms with E-state index < -0.39 is 6.03 Å². The number of benzene rings is 1. The first-order valence-electron chi connectivity index (χ1n) is 6.99. The van der Waals surface area contributed by atoms with E-state index in [0.29, 0.717) is 5.66 Å². The van der Waals surface area contributed by atoms with Crippen molar-refractivity contribution in [3.05, 3.63) is 52.5 Å². The SMILES string of the molecule is CC1=C(c2ccccc2)C(NC(N)=O)=C2CCCC2P1. The van der Waals surface area contributed by atoms with Gasteiger partial charge >= 0.3 is 6.03 Å². The third-order valence-corrected chi connectivity index (χ3v) is 5.68. The first-order chi connectivity index (χ1) is 9.66. The van der Waals surface area contributed by atoms with Crippen LogP contribution in [0.3, 0.4) is 0 Å². The van der Waals surface area contributed by atoms with Crippen molar-refractivity contribution in [2.24, 2.45) is 5.73 Å². The highest BCUT2D eigenvalue weighted by molar-refractivity contribution is 7.44. The van der Waals surface area contributed by atoms with Crippen molar-refractivity contribution in [2.75, 3.05) is 0 Å². The number of urea groups is 1. The van der Waals surface area contributed by atoms with Crippen molar-refractivity contribution in [1.29, 1.82) is 0 Å². The minimum absolute atomic E-state index is 0.468. The van der Waals surface area contributed by atoms with Gasteiger partial charge in [-0.3, -0.25) is 0 Å². The van der Waals surface area contributed by atoms with Crippen LogP contribution in [0.2, 0.25) is 0 Å². The molecule has 2 unspecified atom stereocenters. The zero-order valence-electron chi connectivity index (χ0n) is 11.6. The minimum atomic E-state index is -0.468. The highest BCUT2D eigenvalue weighted by Crippen LogP contribution is 2.52. The van der Waals surface area contributed by atoms with Crippen LogP contribution in [0.15, 0.2) is 46.9 Å². The van der Waals surface area contributed by atoms with Crippen molar-refractivity contribution in [3.63, 3.8) is 0 Å². The van der Waals surface area contributed by atoms with Gasteiger partial charge in [0.05, 0.1) is 5.70 Å². The Kier molecular flexibility index (Phi) is 3.62. The third-order valence-electron chi connectivity index (χ3n) is 4.01. The van der Waals surface area contributed by atoms with Crippen LogP contribution in [-0.2, 0) is 0 Å². The van der Waals surface area contributed by atoms with Crippen molar-refractivity contribution in [3.8, 4) is 0 Å². The number of hydrogen-bond acceptors (Lipinski definition) is 1. The summed E-state index contributed by atoms with van der Waals surface area (Å²) >= 11 is 0. The van der Waals surface area contributed by atoms with Gasteiger partial charge in [-0.05, 0) is 42.6 Å². The van der Waals surface area contributed by atoms with Gasteiger partial charge in [0.1, 0.15) is 0 Å². The van der Waals surface area contributed by atoms with Crippen LogP contribution in [0, 0.1) is 0 Å². The van der Waals surface area contributed by atoms with Crippen molar-refractivity contribution >= 4 is 20.2 Å². The maximum atomic E-state index is 11.4. The first-order valence-corrected chi connectivity index (χ1v) is 8.07. The van der Waals surface area contributed by atoms with E-state index in [9.17, 15) is 4.79 Å². The normalized spacial score (nSPS) is 23.1. The quantitative estimate of drug-likeness (QED) is 0.802. The minimum Gasteiger partial charge on any atom is -0.351 e. The Bertz CT molecular complexity index is 604. The lowest BCUT2D eigenvalue weighted by atomic mass is 9.97. The molecule has 1 saturated carbocycles. The summed E-state index contributed by atoms with van der Waals surface area (Å²) in [6.45, 7) is 2.18. The summed E-state index contributed by atoms with van der Waals surface area (Å²) in [6.07, 6.45) is 3.53. The monoisotopic (exact) mass is 286 g/mol. The number of allylic oxidation sites excluding steroid dienone is 3. The van der Waals surface area contributed by atoms with Gasteiger partial charge in [-0.2, -0.15) is 0 Å². The summed E-state index contributed by atoms with van der Waals surface area (Å²) in [5, 5.41) is 4.27. The van der Waals surface area contributed by atoms with E-state index in [2.05, 4.69) is 24.4 Å². The van der Waals surface area contributed by atoms with E-state index in [1.54, 1.807) is 0 Å². The molecule has 1 aliphatic carbocycles. The molecular weight excluding hydrogens is 267 g/mol. The van der Waals surface area contributed by atoms with Crippen molar-refractivity contribution in [2.45, 2.75) is 31.8 Å². The van der Waals surface area contributed by atoms with Gasteiger partial charge < -0.3 is 11.1 Å². The van der Waals surface area contributed by atoms with E-state index in [0.717, 1.165) is 20.7 Å². The van der Waals surface area contributed by atoms with Gasteiger partial charge in [0.2, 0.25) is 0 Å². The number of carbonyl (C=O) groups excluding carboxylic acids is 1. The maximum Gasteiger partial charge on any atom is 0.316 e. The van der Waals surface area contributed by atoms with E-state index >= 15 is 0 Å². The summed E-state index contributed by atoms with van der Waals surface area (Å²) in [4.78, 5) is 11.4. The molecule has 3 nitrogen and oxygen atoms in total. The second-order valence-corrected chi connectivity index (χ2v) is 7.08. The third kappa shape index (κ3) is 2.38. The number of nitrogens with one attached hydrogen (secondary N) is 1. The van der Waals surface area contributed by atoms with Crippen LogP contribution in [0.1, 0.15) is 31.7 Å². The largest absolute Gasteiger partial charge is 0.351 e. The van der Waals surface area contributed by atoms with E-state index in [4.69, 9.17) is 5.73 Å². The van der Waals surface area contributed by atoms with Gasteiger partial charge in [-0.15, -0.1) is 0 Å². The summed E-state index contributed by atoms with van der Waals surface area (Å²) in [5.74, 6) is 0. The molecule has 2 amide bonds. The van der Waals surface area contributed by atoms with Gasteiger partial charge in [0.25, 0.3) is 0 Å². The van der Waals surface area contributed by atoms with Gasteiger partial charge in [-0.1, -0.05) is 38.9 Å². The summed E-state index contributed by atoms with van der Waals surface area (Å²) in [7, 11) is 0.827. The van der Waals surface area contributed by atoms with Gasteiger partial charge in [0.15, 0.2) is 0 Å². The second kappa shape index (κ2) is 5.41. The Morgan fingerprint density at radius 1 is 1.35 bits per heavy atom. The Hall–Kier alpha value is -1.60. The summed E-state index contributed by atoms with van der Waals surface area (Å²) < 4.78 is 0. The predicted octanol–water partition coefficient (Wildman–Crippen LogP) is 3.58. The number of hydrogen-bond donors (Lipinski definition) is 2. The molecule has 4 heteroatoms. The molecule has 104 valence electrons. The zero-order chi connectivity index (χ0) is 14.1. The molecule has 0 aromatic heterocycles. The van der Waals surface area contributed by atoms with Crippen LogP contribution in [0.25, 0.3) is 5.57 Å². The lowest BCUT2D eigenvalue weighted by molar-refractivity contribution is 0.251. The average Bonchev–Trinajstić information content (AvgIpc) is 2.87. The Morgan fingerprint density at radius 2 is 2.10 bits per heavy atom. The fourth-order valence-corrected chi connectivity index (χ4v) is 4.96. The van der Waals surface area contributed by atoms with Crippen LogP contribution in [0.4, 0.5) is 4.79 Å². The molecule has 1 fully saturated rings. The molecule has 0 radical (unpaired) electrons. The fraction of sp³-hybridized carbons (Fsp3) is 0.312. The molecule has 1 aliphatic heterocycles. The Morgan fingerprint density at radius 3 is 2.80 bits per heavy atom. The lowest BCUT2D eigenvalue weighted by Crippen LogP contribution is -2.32. The van der Waals surface area contributed by atoms with Crippen LogP contribution in [0.5, 0.6) is 0 Å². The number of fused-ring (bicyclic) bond motifs is 1. The van der Waals surface area contributed by atoms with E-state index in [1.807, 2.05) is 18.2 Å². The average molecular weight is 286 g/mol. The molecule has 0 saturated heterocycles. The number of rotatable bonds is 2. The van der Waals surface area contributed by atoms with Crippen molar-refractivity contribution < 1.29 is 4.79 Å². The van der Waals surface area contributed by atoms with Crippen LogP contribution >= 0.6 is 8.58 Å². The summed E-state index contributed by atoms with van der Waals surface area (Å²) in [5.41, 5.74) is 10.7. The standard InChI is InChI=1S/C16H19N2OP/c1-10-14(11-6-3-2-4-7-11)15(18-16(17)19)12-8-5-9-13(12)20-10/h2-4,6-7,13,20H,5,8-9H2,1H3,(H3,17,18,19). The number of carbonyl (C=O) groups is 1. The number of amides is 2. The molecule has 2 atom stereocenters. The van der Waals surface area contributed by atoms with Gasteiger partial charge in [-0.25, -0.2) is 4.79 Å². The molecule has 1 aromatic rings. The van der Waals surface area contributed by atoms with E-state index in [1.165, 1.54) is 34.9 Å². The predicted molar refractivity (Wildman–Crippen MR) is 84.7 cm³/mol. The molecule has 0 bridgehead atoms. The Labute approximate surface area is 121 Å². The highest BCUT2D eigenvalue weighted by Gasteiger charge is 2.31. The molecule has 1 aromatic carbocycles. The van der Waals surface area contributed by atoms with E-state index in [-0.39, 0.29) is 0 Å². The highest BCUT2D eigenvalue weighted by atomic mass is 31.1. The zero-order valence-corrected chi connectivity index (χ0v) is 12.6. The summed E-state index contributed by atoms with van der Waals surface area (Å²) in [6, 6.07) is 9.81. The molecule has 0 spiro atoms. The smallest absolute Gasteiger partial charge is 0.316 e. The molecule has 3 rings (SSSR count). The molecular formula is C16H19N2OP. The van der Waals surface area contributed by atoms with Crippen LogP contribution in [-0.4, -0.2) is 11.7 Å². The molecule has 3 N–H and O–H groups in total. The lowest BCUT2D eigenvalue weighted by Gasteiger charge is -2.28. The molecule has 20 heavy (non-hydrogen) atoms. The molecule has 2 aliphatic rings. The van der Waals surface area contributed by atoms with Gasteiger partial charge in [0, 0.05) is 11.2 Å².